The molecule has 1 spiro atoms. The Bertz CT molecular complexity index is 463. The second-order valence-corrected chi connectivity index (χ2v) is 7.18. The summed E-state index contributed by atoms with van der Waals surface area (Å²) in [5.41, 5.74) is 1.75. The normalized spacial score (nSPS) is 24.8. The minimum atomic E-state index is 0.373. The van der Waals surface area contributed by atoms with Crippen molar-refractivity contribution >= 4 is 16.9 Å². The topological polar surface area (TPSA) is 24.4 Å². The molecule has 2 nitrogen and oxygen atoms in total. The summed E-state index contributed by atoms with van der Waals surface area (Å²) in [5.74, 6) is 1.71. The fourth-order valence-corrected chi connectivity index (χ4v) is 4.42. The molecule has 1 unspecified atom stereocenters. The third kappa shape index (κ3) is 3.20. The van der Waals surface area contributed by atoms with E-state index in [1.807, 2.05) is 11.8 Å². The summed E-state index contributed by atoms with van der Waals surface area (Å²) < 4.78 is 0. The van der Waals surface area contributed by atoms with Crippen molar-refractivity contribution in [2.75, 3.05) is 12.3 Å². The fourth-order valence-electron chi connectivity index (χ4n) is 3.20. The van der Waals surface area contributed by atoms with Gasteiger partial charge in [-0.2, -0.15) is 0 Å². The van der Waals surface area contributed by atoms with Gasteiger partial charge in [0.25, 0.3) is 0 Å². The van der Waals surface area contributed by atoms with Crippen LogP contribution in [0, 0.1) is 0 Å². The van der Waals surface area contributed by atoms with Gasteiger partial charge in [0.15, 0.2) is 5.17 Å². The summed E-state index contributed by atoms with van der Waals surface area (Å²) in [7, 11) is 0. The molecule has 2 fully saturated rings. The lowest BCUT2D eigenvalue weighted by molar-refractivity contribution is 0.303. The molecule has 1 aromatic carbocycles. The van der Waals surface area contributed by atoms with E-state index >= 15 is 0 Å². The van der Waals surface area contributed by atoms with Crippen LogP contribution in [0.5, 0.6) is 0 Å². The Labute approximate surface area is 126 Å². The number of thioether (sulfide) groups is 1. The molecule has 20 heavy (non-hydrogen) atoms. The standard InChI is InChI=1S/C17H24N2S/c1-14(15-8-4-2-5-9-15)12-18-16-19-17(13-20-16)10-6-3-7-11-17/h2,4-5,8-9,14H,3,6-7,10-13H2,1H3,(H,18,19). The summed E-state index contributed by atoms with van der Waals surface area (Å²) >= 11 is 1.92. The summed E-state index contributed by atoms with van der Waals surface area (Å²) in [5, 5.41) is 4.90. The van der Waals surface area contributed by atoms with Crippen LogP contribution in [0.2, 0.25) is 0 Å². The first kappa shape index (κ1) is 14.0. The van der Waals surface area contributed by atoms with Crippen LogP contribution in [0.3, 0.4) is 0 Å². The summed E-state index contributed by atoms with van der Waals surface area (Å²) in [6, 6.07) is 10.7. The van der Waals surface area contributed by atoms with Crippen molar-refractivity contribution in [3.8, 4) is 0 Å². The lowest BCUT2D eigenvalue weighted by Gasteiger charge is -2.32. The molecule has 1 N–H and O–H groups in total. The quantitative estimate of drug-likeness (QED) is 0.902. The van der Waals surface area contributed by atoms with Gasteiger partial charge in [0, 0.05) is 23.8 Å². The van der Waals surface area contributed by atoms with E-state index in [2.05, 4.69) is 42.6 Å². The second kappa shape index (κ2) is 6.21. The van der Waals surface area contributed by atoms with E-state index in [-0.39, 0.29) is 0 Å². The Morgan fingerprint density at radius 3 is 2.70 bits per heavy atom. The predicted octanol–water partition coefficient (Wildman–Crippen LogP) is 4.19. The van der Waals surface area contributed by atoms with Crippen molar-refractivity contribution in [2.24, 2.45) is 4.99 Å². The van der Waals surface area contributed by atoms with E-state index in [4.69, 9.17) is 4.99 Å². The number of hydrogen-bond acceptors (Lipinski definition) is 2. The van der Waals surface area contributed by atoms with E-state index in [0.717, 1.165) is 6.54 Å². The lowest BCUT2D eigenvalue weighted by Crippen LogP contribution is -2.45. The van der Waals surface area contributed by atoms with Crippen LogP contribution in [0.25, 0.3) is 0 Å². The number of benzene rings is 1. The van der Waals surface area contributed by atoms with Crippen LogP contribution in [0.15, 0.2) is 35.3 Å². The highest BCUT2D eigenvalue weighted by atomic mass is 32.2. The van der Waals surface area contributed by atoms with Gasteiger partial charge < -0.3 is 5.32 Å². The van der Waals surface area contributed by atoms with Crippen molar-refractivity contribution < 1.29 is 0 Å². The van der Waals surface area contributed by atoms with E-state index in [1.54, 1.807) is 0 Å². The molecule has 3 rings (SSSR count). The average Bonchev–Trinajstić information content (AvgIpc) is 2.89. The van der Waals surface area contributed by atoms with E-state index in [9.17, 15) is 0 Å². The smallest absolute Gasteiger partial charge is 0.157 e. The van der Waals surface area contributed by atoms with E-state index < -0.39 is 0 Å². The zero-order chi connectivity index (χ0) is 13.8. The summed E-state index contributed by atoms with van der Waals surface area (Å²) in [4.78, 5) is 4.82. The van der Waals surface area contributed by atoms with Gasteiger partial charge in [-0.25, -0.2) is 0 Å². The second-order valence-electron chi connectivity index (χ2n) is 6.21. The zero-order valence-electron chi connectivity index (χ0n) is 12.3. The average molecular weight is 288 g/mol. The molecule has 1 aromatic rings. The molecule has 1 saturated heterocycles. The number of nitrogens with one attached hydrogen (secondary N) is 1. The van der Waals surface area contributed by atoms with Crippen LogP contribution >= 0.6 is 11.8 Å². The van der Waals surface area contributed by atoms with Gasteiger partial charge in [-0.1, -0.05) is 68.3 Å². The third-order valence-electron chi connectivity index (χ3n) is 4.55. The Morgan fingerprint density at radius 2 is 1.95 bits per heavy atom. The molecule has 0 bridgehead atoms. The van der Waals surface area contributed by atoms with Crippen LogP contribution < -0.4 is 5.32 Å². The summed E-state index contributed by atoms with van der Waals surface area (Å²) in [6.07, 6.45) is 6.81. The first-order valence-corrected chi connectivity index (χ1v) is 8.76. The van der Waals surface area contributed by atoms with Crippen molar-refractivity contribution in [3.05, 3.63) is 35.9 Å². The van der Waals surface area contributed by atoms with Gasteiger partial charge in [-0.15, -0.1) is 0 Å². The third-order valence-corrected chi connectivity index (χ3v) is 5.75. The molecule has 1 saturated carbocycles. The van der Waals surface area contributed by atoms with Crippen LogP contribution in [-0.4, -0.2) is 23.0 Å². The van der Waals surface area contributed by atoms with Crippen LogP contribution in [0.1, 0.15) is 50.5 Å². The Kier molecular flexibility index (Phi) is 4.35. The van der Waals surface area contributed by atoms with Gasteiger partial charge in [-0.3, -0.25) is 4.99 Å². The molecule has 2 aliphatic rings. The molecule has 108 valence electrons. The minimum Gasteiger partial charge on any atom is -0.359 e. The number of hydrogen-bond donors (Lipinski definition) is 1. The van der Waals surface area contributed by atoms with Crippen LogP contribution in [-0.2, 0) is 0 Å². The molecule has 1 heterocycles. The van der Waals surface area contributed by atoms with Crippen LogP contribution in [0.4, 0.5) is 0 Å². The molecule has 0 amide bonds. The monoisotopic (exact) mass is 288 g/mol. The first-order chi connectivity index (χ1) is 9.77. The molecule has 0 radical (unpaired) electrons. The zero-order valence-corrected chi connectivity index (χ0v) is 13.1. The van der Waals surface area contributed by atoms with Crippen molar-refractivity contribution in [1.29, 1.82) is 0 Å². The highest BCUT2D eigenvalue weighted by Gasteiger charge is 2.37. The molecule has 0 aromatic heterocycles. The lowest BCUT2D eigenvalue weighted by atomic mass is 9.83. The van der Waals surface area contributed by atoms with Crippen molar-refractivity contribution in [2.45, 2.75) is 50.5 Å². The molecule has 1 aliphatic heterocycles. The molecule has 1 aliphatic carbocycles. The molecular formula is C17H24N2S. The highest BCUT2D eigenvalue weighted by molar-refractivity contribution is 8.14. The number of amidine groups is 1. The number of aliphatic imine (C=N–C) groups is 1. The van der Waals surface area contributed by atoms with Gasteiger partial charge in [-0.05, 0) is 18.4 Å². The van der Waals surface area contributed by atoms with Gasteiger partial charge in [0.05, 0.1) is 0 Å². The van der Waals surface area contributed by atoms with Gasteiger partial charge >= 0.3 is 0 Å². The van der Waals surface area contributed by atoms with Crippen molar-refractivity contribution in [3.63, 3.8) is 0 Å². The maximum atomic E-state index is 4.82. The van der Waals surface area contributed by atoms with Gasteiger partial charge in [0.1, 0.15) is 0 Å². The Balaban J connectivity index is 1.57. The Hall–Kier alpha value is -0.960. The maximum Gasteiger partial charge on any atom is 0.157 e. The maximum absolute atomic E-state index is 4.82. The van der Waals surface area contributed by atoms with Gasteiger partial charge in [0.2, 0.25) is 0 Å². The molecule has 1 atom stereocenters. The van der Waals surface area contributed by atoms with E-state index in [0.29, 0.717) is 11.5 Å². The highest BCUT2D eigenvalue weighted by Crippen LogP contribution is 2.36. The minimum absolute atomic E-state index is 0.373. The molecular weight excluding hydrogens is 264 g/mol. The van der Waals surface area contributed by atoms with E-state index in [1.165, 1.54) is 48.6 Å². The fraction of sp³-hybridized carbons (Fsp3) is 0.588. The summed E-state index contributed by atoms with van der Waals surface area (Å²) in [6.45, 7) is 3.14. The number of rotatable bonds is 3. The molecule has 3 heteroatoms. The number of nitrogens with zero attached hydrogens (tertiary/aromatic N) is 1. The first-order valence-electron chi connectivity index (χ1n) is 7.78. The SMILES string of the molecule is CC(CN=C1NC2(CCCCC2)CS1)c1ccccc1. The largest absolute Gasteiger partial charge is 0.359 e. The Morgan fingerprint density at radius 1 is 1.20 bits per heavy atom. The van der Waals surface area contributed by atoms with Crippen molar-refractivity contribution in [1.82, 2.24) is 5.32 Å². The predicted molar refractivity (Wildman–Crippen MR) is 88.6 cm³/mol.